The number of benzene rings is 1. The van der Waals surface area contributed by atoms with Gasteiger partial charge in [-0.2, -0.15) is 13.2 Å². The number of carbonyl (C=O) groups is 1. The highest BCUT2D eigenvalue weighted by Crippen LogP contribution is 2.38. The number of hydrogen-bond acceptors (Lipinski definition) is 3. The van der Waals surface area contributed by atoms with Crippen LogP contribution in [-0.4, -0.2) is 29.6 Å². The molecule has 18 heavy (non-hydrogen) atoms. The van der Waals surface area contributed by atoms with Gasteiger partial charge >= 0.3 is 17.9 Å². The Morgan fingerprint density at radius 1 is 1.39 bits per heavy atom. The number of carboxylic acids is 1. The summed E-state index contributed by atoms with van der Waals surface area (Å²) in [6.07, 6.45) is -5.03. The number of rotatable bonds is 2. The van der Waals surface area contributed by atoms with Gasteiger partial charge in [0.25, 0.3) is 0 Å². The molecule has 0 spiro atoms. The summed E-state index contributed by atoms with van der Waals surface area (Å²) < 4.78 is 42.9. The van der Waals surface area contributed by atoms with E-state index in [4.69, 9.17) is 5.11 Å². The zero-order chi connectivity index (χ0) is 13.4. The predicted molar refractivity (Wildman–Crippen MR) is 54.7 cm³/mol. The lowest BCUT2D eigenvalue weighted by atomic mass is 10.1. The number of nitrogens with one attached hydrogen (secondary N) is 1. The largest absolute Gasteiger partial charge is 0.478 e. The minimum atomic E-state index is -5.03. The van der Waals surface area contributed by atoms with E-state index in [9.17, 15) is 18.0 Å². The summed E-state index contributed by atoms with van der Waals surface area (Å²) in [6.45, 7) is -0.351. The van der Waals surface area contributed by atoms with Crippen LogP contribution in [0.15, 0.2) is 30.3 Å². The first-order valence-electron chi connectivity index (χ1n) is 5.13. The van der Waals surface area contributed by atoms with Gasteiger partial charge in [-0.15, -0.1) is 0 Å². The average molecular weight is 261 g/mol. The van der Waals surface area contributed by atoms with Crippen molar-refractivity contribution in [1.29, 1.82) is 0 Å². The van der Waals surface area contributed by atoms with Crippen LogP contribution in [0.4, 0.5) is 13.2 Å². The average Bonchev–Trinajstić information content (AvgIpc) is 2.75. The van der Waals surface area contributed by atoms with E-state index in [1.165, 1.54) is 0 Å². The second-order valence-electron chi connectivity index (χ2n) is 3.90. The molecule has 1 aromatic rings. The molecular formula is C11H10F3NO3. The first-order valence-corrected chi connectivity index (χ1v) is 5.13. The highest BCUT2D eigenvalue weighted by atomic mass is 19.4. The van der Waals surface area contributed by atoms with Crippen molar-refractivity contribution in [2.45, 2.75) is 17.9 Å². The minimum Gasteiger partial charge on any atom is -0.478 e. The summed E-state index contributed by atoms with van der Waals surface area (Å²) >= 11 is 0. The summed E-state index contributed by atoms with van der Waals surface area (Å²) in [5, 5.41) is 10.8. The number of carboxylic acid groups (broad SMARTS) is 1. The number of alkyl halides is 3. The number of ether oxygens (including phenoxy) is 1. The molecule has 1 saturated heterocycles. The monoisotopic (exact) mass is 261 g/mol. The Balaban J connectivity index is 2.28. The lowest BCUT2D eigenvalue weighted by Gasteiger charge is -2.26. The van der Waals surface area contributed by atoms with Crippen LogP contribution in [0, 0.1) is 0 Å². The van der Waals surface area contributed by atoms with Crippen molar-refractivity contribution < 1.29 is 27.8 Å². The molecule has 1 aromatic carbocycles. The van der Waals surface area contributed by atoms with Crippen molar-refractivity contribution in [3.8, 4) is 0 Å². The summed E-state index contributed by atoms with van der Waals surface area (Å²) in [7, 11) is 0. The summed E-state index contributed by atoms with van der Waals surface area (Å²) in [6, 6.07) is 7.44. The molecule has 2 N–H and O–H groups in total. The van der Waals surface area contributed by atoms with Gasteiger partial charge in [-0.3, -0.25) is 5.32 Å². The van der Waals surface area contributed by atoms with Gasteiger partial charge in [-0.25, -0.2) is 4.79 Å². The summed E-state index contributed by atoms with van der Waals surface area (Å²) in [5.41, 5.74) is -2.78. The van der Waals surface area contributed by atoms with Gasteiger partial charge in [0.1, 0.15) is 0 Å². The van der Waals surface area contributed by atoms with Crippen LogP contribution in [0.1, 0.15) is 11.6 Å². The van der Waals surface area contributed by atoms with Crippen LogP contribution >= 0.6 is 0 Å². The first kappa shape index (κ1) is 12.8. The number of halogens is 3. The molecule has 1 aliphatic heterocycles. The maximum atomic E-state index is 12.8. The van der Waals surface area contributed by atoms with E-state index in [1.807, 2.05) is 5.32 Å². The zero-order valence-corrected chi connectivity index (χ0v) is 9.07. The molecule has 98 valence electrons. The van der Waals surface area contributed by atoms with Crippen molar-refractivity contribution >= 4 is 5.97 Å². The number of hydrogen-bond donors (Lipinski definition) is 2. The zero-order valence-electron chi connectivity index (χ0n) is 9.07. The van der Waals surface area contributed by atoms with E-state index < -0.39 is 23.9 Å². The maximum absolute atomic E-state index is 12.8. The van der Waals surface area contributed by atoms with Crippen molar-refractivity contribution in [2.75, 3.05) is 6.61 Å². The Bertz CT molecular complexity index is 449. The standard InChI is InChI=1S/C11H10F3NO3/c12-11(13,14)10(9(16)17)15-8(6-18-10)7-4-2-1-3-5-7/h1-5,8,15H,6H2,(H,16,17)/t8-,10?/m1/s1. The smallest absolute Gasteiger partial charge is 0.442 e. The molecular weight excluding hydrogens is 251 g/mol. The van der Waals surface area contributed by atoms with Gasteiger partial charge in [-0.05, 0) is 5.56 Å². The van der Waals surface area contributed by atoms with Crippen LogP contribution in [0.2, 0.25) is 0 Å². The van der Waals surface area contributed by atoms with Crippen molar-refractivity contribution in [3.63, 3.8) is 0 Å². The molecule has 4 nitrogen and oxygen atoms in total. The molecule has 0 saturated carbocycles. The highest BCUT2D eigenvalue weighted by Gasteiger charge is 2.66. The van der Waals surface area contributed by atoms with E-state index in [0.29, 0.717) is 5.56 Å². The summed E-state index contributed by atoms with van der Waals surface area (Å²) in [4.78, 5) is 10.8. The van der Waals surface area contributed by atoms with Gasteiger partial charge in [0.2, 0.25) is 0 Å². The van der Waals surface area contributed by atoms with Crippen LogP contribution in [0.25, 0.3) is 0 Å². The molecule has 7 heteroatoms. The fraction of sp³-hybridized carbons (Fsp3) is 0.364. The normalized spacial score (nSPS) is 28.3. The Morgan fingerprint density at radius 3 is 2.44 bits per heavy atom. The molecule has 0 bridgehead atoms. The second-order valence-corrected chi connectivity index (χ2v) is 3.90. The maximum Gasteiger partial charge on any atom is 0.442 e. The van der Waals surface area contributed by atoms with Crippen LogP contribution < -0.4 is 5.32 Å². The second kappa shape index (κ2) is 4.25. The molecule has 0 amide bonds. The third-order valence-corrected chi connectivity index (χ3v) is 2.75. The molecule has 1 aliphatic rings. The lowest BCUT2D eigenvalue weighted by molar-refractivity contribution is -0.268. The minimum absolute atomic E-state index is 0.351. The fourth-order valence-corrected chi connectivity index (χ4v) is 1.81. The van der Waals surface area contributed by atoms with E-state index >= 15 is 0 Å². The van der Waals surface area contributed by atoms with Crippen molar-refractivity contribution in [2.24, 2.45) is 0 Å². The van der Waals surface area contributed by atoms with E-state index in [-0.39, 0.29) is 6.61 Å². The molecule has 2 rings (SSSR count). The summed E-state index contributed by atoms with van der Waals surface area (Å²) in [5.74, 6) is -2.09. The van der Waals surface area contributed by atoms with Crippen LogP contribution in [0.5, 0.6) is 0 Å². The Morgan fingerprint density at radius 2 is 2.00 bits per heavy atom. The Kier molecular flexibility index (Phi) is 3.04. The first-order chi connectivity index (χ1) is 8.37. The fourth-order valence-electron chi connectivity index (χ4n) is 1.81. The predicted octanol–water partition coefficient (Wildman–Crippen LogP) is 1.69. The van der Waals surface area contributed by atoms with Gasteiger partial charge in [0.15, 0.2) is 0 Å². The van der Waals surface area contributed by atoms with Gasteiger partial charge < -0.3 is 9.84 Å². The van der Waals surface area contributed by atoms with Gasteiger partial charge in [-0.1, -0.05) is 30.3 Å². The molecule has 1 heterocycles. The van der Waals surface area contributed by atoms with Crippen LogP contribution in [0.3, 0.4) is 0 Å². The van der Waals surface area contributed by atoms with Gasteiger partial charge in [0.05, 0.1) is 12.6 Å². The molecule has 2 atom stereocenters. The third-order valence-electron chi connectivity index (χ3n) is 2.75. The molecule has 1 fully saturated rings. The quantitative estimate of drug-likeness (QED) is 0.850. The lowest BCUT2D eigenvalue weighted by Crippen LogP contribution is -2.60. The van der Waals surface area contributed by atoms with E-state index in [0.717, 1.165) is 0 Å². The van der Waals surface area contributed by atoms with E-state index in [1.54, 1.807) is 30.3 Å². The topological polar surface area (TPSA) is 58.6 Å². The number of aliphatic carboxylic acids is 1. The highest BCUT2D eigenvalue weighted by molar-refractivity contribution is 5.78. The molecule has 1 unspecified atom stereocenters. The Hall–Kier alpha value is -1.60. The molecule has 0 aromatic heterocycles. The van der Waals surface area contributed by atoms with Crippen molar-refractivity contribution in [3.05, 3.63) is 35.9 Å². The SMILES string of the molecule is O=C(O)C1(C(F)(F)F)N[C@@H](c2ccccc2)CO1. The third kappa shape index (κ3) is 1.95. The Labute approximate surface area is 100 Å². The van der Waals surface area contributed by atoms with E-state index in [2.05, 4.69) is 4.74 Å². The molecule has 0 aliphatic carbocycles. The van der Waals surface area contributed by atoms with Gasteiger partial charge in [0, 0.05) is 0 Å². The van der Waals surface area contributed by atoms with Crippen molar-refractivity contribution in [1.82, 2.24) is 5.32 Å². The molecule has 0 radical (unpaired) electrons. The van der Waals surface area contributed by atoms with Crippen LogP contribution in [-0.2, 0) is 9.53 Å².